The molecular formula is C46H48N4OPt. The molecule has 7 aromatic rings. The first-order chi connectivity index (χ1) is 24.5. The fourth-order valence-corrected chi connectivity index (χ4v) is 7.72. The number of aryl methyl sites for hydroxylation is 1. The first-order valence-corrected chi connectivity index (χ1v) is 18.3. The van der Waals surface area contributed by atoms with Crippen molar-refractivity contribution in [1.82, 2.24) is 19.3 Å². The van der Waals surface area contributed by atoms with E-state index in [2.05, 4.69) is 140 Å². The van der Waals surface area contributed by atoms with Crippen LogP contribution in [0.3, 0.4) is 0 Å². The van der Waals surface area contributed by atoms with Crippen LogP contribution in [0.5, 0.6) is 11.5 Å². The molecule has 7 rings (SSSR count). The number of hydrogen-bond acceptors (Lipinski definition) is 3. The molecule has 0 N–H and O–H groups in total. The Hall–Kier alpha value is -4.47. The molecule has 268 valence electrons. The normalized spacial score (nSPS) is 11.9. The molecule has 0 bridgehead atoms. The number of benzene rings is 4. The van der Waals surface area contributed by atoms with E-state index in [1.165, 1.54) is 27.8 Å². The summed E-state index contributed by atoms with van der Waals surface area (Å²) in [4.78, 5) is 4.87. The number of aromatic nitrogens is 4. The van der Waals surface area contributed by atoms with Crippen molar-refractivity contribution in [3.05, 3.63) is 131 Å². The maximum absolute atomic E-state index is 6.52. The number of fused-ring (bicyclic) bond motifs is 3. The second-order valence-corrected chi connectivity index (χ2v) is 15.1. The zero-order valence-corrected chi connectivity index (χ0v) is 34.0. The Morgan fingerprint density at radius 1 is 0.769 bits per heavy atom. The van der Waals surface area contributed by atoms with Gasteiger partial charge in [0.25, 0.3) is 0 Å². The van der Waals surface area contributed by atoms with Crippen molar-refractivity contribution in [3.63, 3.8) is 0 Å². The molecule has 0 aliphatic carbocycles. The van der Waals surface area contributed by atoms with Gasteiger partial charge in [-0.3, -0.25) is 4.68 Å². The van der Waals surface area contributed by atoms with Gasteiger partial charge in [-0.15, -0.1) is 35.7 Å². The molecule has 0 amide bonds. The molecule has 0 spiro atoms. The largest absolute Gasteiger partial charge is 2.00 e. The van der Waals surface area contributed by atoms with E-state index in [4.69, 9.17) is 14.8 Å². The molecule has 0 aliphatic rings. The summed E-state index contributed by atoms with van der Waals surface area (Å²) in [7, 11) is 0. The van der Waals surface area contributed by atoms with E-state index in [1.54, 1.807) is 0 Å². The quantitative estimate of drug-likeness (QED) is 0.129. The molecule has 52 heavy (non-hydrogen) atoms. The Morgan fingerprint density at radius 2 is 1.46 bits per heavy atom. The standard InChI is InChI=1S/C46H48N4O.Pt/c1-10-24-46(8,9)33-23-25-47-43(26-33)49-41-20-12-11-17-39(41)40-22-21-36(28-42(40)49)51-35-16-13-15-34(27-35)50-32(7)44(31(6)48-50)45-37(29(2)3)18-14-19-38(45)30(4)5;/h11-23,25-26,29-30H,10,24H2,1-9H3;/q-2;+2. The summed E-state index contributed by atoms with van der Waals surface area (Å²) in [6, 6.07) is 36.8. The monoisotopic (exact) mass is 867 g/mol. The molecule has 3 aromatic heterocycles. The topological polar surface area (TPSA) is 44.9 Å². The molecule has 4 aromatic carbocycles. The Labute approximate surface area is 323 Å². The van der Waals surface area contributed by atoms with Crippen LogP contribution in [0.4, 0.5) is 0 Å². The number of hydrogen-bond donors (Lipinski definition) is 0. The number of rotatable bonds is 10. The molecule has 0 saturated carbocycles. The molecule has 5 nitrogen and oxygen atoms in total. The molecular weight excluding hydrogens is 820 g/mol. The summed E-state index contributed by atoms with van der Waals surface area (Å²) >= 11 is 0. The smallest absolute Gasteiger partial charge is 0.509 e. The molecule has 0 radical (unpaired) electrons. The summed E-state index contributed by atoms with van der Waals surface area (Å²) in [6.45, 7) is 20.2. The van der Waals surface area contributed by atoms with Crippen LogP contribution in [-0.2, 0) is 26.5 Å². The van der Waals surface area contributed by atoms with Crippen molar-refractivity contribution in [2.45, 2.75) is 92.4 Å². The second kappa shape index (κ2) is 14.9. The van der Waals surface area contributed by atoms with Crippen LogP contribution >= 0.6 is 0 Å². The third-order valence-electron chi connectivity index (χ3n) is 10.3. The van der Waals surface area contributed by atoms with Crippen LogP contribution in [-0.4, -0.2) is 19.3 Å². The van der Waals surface area contributed by atoms with Crippen molar-refractivity contribution >= 4 is 21.8 Å². The van der Waals surface area contributed by atoms with Gasteiger partial charge in [-0.25, -0.2) is 4.98 Å². The van der Waals surface area contributed by atoms with E-state index in [-0.39, 0.29) is 26.5 Å². The minimum Gasteiger partial charge on any atom is -0.509 e. The van der Waals surface area contributed by atoms with E-state index in [0.717, 1.165) is 57.5 Å². The average molecular weight is 868 g/mol. The van der Waals surface area contributed by atoms with E-state index < -0.39 is 0 Å². The van der Waals surface area contributed by atoms with E-state index in [0.29, 0.717) is 23.3 Å². The zero-order chi connectivity index (χ0) is 36.0. The third-order valence-corrected chi connectivity index (χ3v) is 10.3. The van der Waals surface area contributed by atoms with Crippen LogP contribution in [0.2, 0.25) is 0 Å². The first kappa shape index (κ1) is 37.3. The van der Waals surface area contributed by atoms with Crippen molar-refractivity contribution in [1.29, 1.82) is 0 Å². The fourth-order valence-electron chi connectivity index (χ4n) is 7.72. The van der Waals surface area contributed by atoms with Crippen LogP contribution in [0.15, 0.2) is 91.1 Å². The molecule has 0 aliphatic heterocycles. The van der Waals surface area contributed by atoms with Crippen molar-refractivity contribution < 1.29 is 25.8 Å². The summed E-state index contributed by atoms with van der Waals surface area (Å²) in [5.74, 6) is 2.88. The van der Waals surface area contributed by atoms with E-state index >= 15 is 0 Å². The Kier molecular flexibility index (Phi) is 10.7. The average Bonchev–Trinajstić information content (AvgIpc) is 3.60. The maximum Gasteiger partial charge on any atom is 2.00 e. The van der Waals surface area contributed by atoms with Crippen LogP contribution in [0, 0.1) is 26.0 Å². The van der Waals surface area contributed by atoms with Gasteiger partial charge in [-0.05, 0) is 89.0 Å². The van der Waals surface area contributed by atoms with Gasteiger partial charge in [0.15, 0.2) is 0 Å². The van der Waals surface area contributed by atoms with Gasteiger partial charge in [0.05, 0.1) is 5.69 Å². The molecule has 0 atom stereocenters. The van der Waals surface area contributed by atoms with Crippen molar-refractivity contribution in [2.24, 2.45) is 0 Å². The van der Waals surface area contributed by atoms with Gasteiger partial charge in [-0.1, -0.05) is 96.8 Å². The maximum atomic E-state index is 6.52. The number of nitrogens with zero attached hydrogens (tertiary/aromatic N) is 4. The van der Waals surface area contributed by atoms with Crippen molar-refractivity contribution in [2.75, 3.05) is 0 Å². The minimum atomic E-state index is 0. The van der Waals surface area contributed by atoms with Crippen LogP contribution < -0.4 is 4.74 Å². The Balaban J connectivity index is 0.00000464. The van der Waals surface area contributed by atoms with Gasteiger partial charge in [0.1, 0.15) is 5.82 Å². The predicted octanol–water partition coefficient (Wildman–Crippen LogP) is 12.4. The zero-order valence-electron chi connectivity index (χ0n) is 31.7. The number of ether oxygens (including phenoxy) is 1. The van der Waals surface area contributed by atoms with Crippen molar-refractivity contribution in [3.8, 4) is 34.1 Å². The Bertz CT molecular complexity index is 2350. The van der Waals surface area contributed by atoms with E-state index in [9.17, 15) is 0 Å². The van der Waals surface area contributed by atoms with E-state index in [1.807, 2.05) is 35.1 Å². The van der Waals surface area contributed by atoms with Gasteiger partial charge in [0, 0.05) is 34.5 Å². The number of pyridine rings is 1. The molecule has 3 heterocycles. The number of para-hydroxylation sites is 1. The summed E-state index contributed by atoms with van der Waals surface area (Å²) in [5.41, 5.74) is 11.5. The second-order valence-electron chi connectivity index (χ2n) is 15.1. The predicted molar refractivity (Wildman–Crippen MR) is 211 cm³/mol. The third kappa shape index (κ3) is 6.76. The van der Waals surface area contributed by atoms with Gasteiger partial charge in [0.2, 0.25) is 0 Å². The summed E-state index contributed by atoms with van der Waals surface area (Å²) in [5, 5.41) is 7.33. The fraction of sp³-hybridized carbons (Fsp3) is 0.304. The summed E-state index contributed by atoms with van der Waals surface area (Å²) in [6.07, 6.45) is 4.16. The minimum absolute atomic E-state index is 0. The molecule has 0 fully saturated rings. The first-order valence-electron chi connectivity index (χ1n) is 18.3. The molecule has 6 heteroatoms. The SMILES string of the molecule is CCCC(C)(C)c1ccnc(-n2c3[c-]c(Oc4[c-]c(-n5nc(C)c(-c6c(C(C)C)cccc6C(C)C)c5C)ccc4)ccc3c3ccccc32)c1.[Pt+2]. The van der Waals surface area contributed by atoms with Crippen LogP contribution in [0.1, 0.15) is 101 Å². The van der Waals surface area contributed by atoms with Gasteiger partial charge in [-0.2, -0.15) is 17.2 Å². The van der Waals surface area contributed by atoms with Gasteiger partial charge < -0.3 is 9.30 Å². The van der Waals surface area contributed by atoms with Crippen LogP contribution in [0.25, 0.3) is 44.4 Å². The van der Waals surface area contributed by atoms with Gasteiger partial charge >= 0.3 is 21.1 Å². The summed E-state index contributed by atoms with van der Waals surface area (Å²) < 4.78 is 10.7. The molecule has 0 unspecified atom stereocenters. The molecule has 0 saturated heterocycles. The Morgan fingerprint density at radius 3 is 2.17 bits per heavy atom.